The van der Waals surface area contributed by atoms with Gasteiger partial charge in [0.1, 0.15) is 5.75 Å². The normalized spacial score (nSPS) is 17.8. The lowest BCUT2D eigenvalue weighted by Gasteiger charge is -2.35. The van der Waals surface area contributed by atoms with Crippen LogP contribution in [0.3, 0.4) is 0 Å². The van der Waals surface area contributed by atoms with Crippen molar-refractivity contribution < 1.29 is 67.0 Å². The van der Waals surface area contributed by atoms with Crippen molar-refractivity contribution in [2.75, 3.05) is 26.2 Å². The molecule has 0 aromatic heterocycles. The molecule has 2 amide bonds. The van der Waals surface area contributed by atoms with E-state index in [1.54, 1.807) is 0 Å². The molecule has 0 unspecified atom stereocenters. The second kappa shape index (κ2) is 11.6. The Kier molecular flexibility index (Phi) is 9.27. The zero-order valence-electron chi connectivity index (χ0n) is 22.0. The molecular formula is C23H26F9N3O6S. The molecule has 2 aliphatic rings. The molecule has 19 heteroatoms. The number of ether oxygens (including phenoxy) is 2. The van der Waals surface area contributed by atoms with Gasteiger partial charge >= 0.3 is 24.6 Å². The summed E-state index contributed by atoms with van der Waals surface area (Å²) in [5.41, 5.74) is -3.00. The van der Waals surface area contributed by atoms with E-state index in [1.165, 1.54) is 4.90 Å². The smallest absolute Gasteiger partial charge is 0.434 e. The second-order valence-electron chi connectivity index (χ2n) is 10.2. The van der Waals surface area contributed by atoms with Crippen LogP contribution in [0.1, 0.15) is 37.8 Å². The first-order chi connectivity index (χ1) is 19.0. The molecule has 1 aliphatic heterocycles. The number of nitrogens with zero attached hydrogens (tertiary/aromatic N) is 2. The minimum absolute atomic E-state index is 0.0964. The fourth-order valence-electron chi connectivity index (χ4n) is 3.82. The van der Waals surface area contributed by atoms with Gasteiger partial charge in [0.2, 0.25) is 10.0 Å². The molecule has 1 saturated carbocycles. The van der Waals surface area contributed by atoms with Crippen LogP contribution in [-0.4, -0.2) is 85.7 Å². The molecule has 1 saturated heterocycles. The summed E-state index contributed by atoms with van der Waals surface area (Å²) in [6.45, 7) is 1.14. The number of rotatable bonds is 8. The summed E-state index contributed by atoms with van der Waals surface area (Å²) >= 11 is 0. The Morgan fingerprint density at radius 2 is 1.50 bits per heavy atom. The highest BCUT2D eigenvalue weighted by Gasteiger charge is 2.60. The number of carbonyl (C=O) groups is 2. The number of hydrogen-bond acceptors (Lipinski definition) is 7. The van der Waals surface area contributed by atoms with Crippen LogP contribution in [0.15, 0.2) is 18.2 Å². The van der Waals surface area contributed by atoms with Gasteiger partial charge in [-0.25, -0.2) is 17.9 Å². The summed E-state index contributed by atoms with van der Waals surface area (Å²) in [6, 6.07) is 2.39. The predicted molar refractivity (Wildman–Crippen MR) is 125 cm³/mol. The SMILES string of the molecule is CC(C)(Oc1cc(C(F)(F)F)ccc1CN1CCN(C(=O)OC(C(F)(F)F)C(F)(F)F)CC1)C(=O)NS(=O)(=O)C1CC1. The lowest BCUT2D eigenvalue weighted by molar-refractivity contribution is -0.308. The fourth-order valence-corrected chi connectivity index (χ4v) is 5.24. The maximum Gasteiger partial charge on any atom is 0.434 e. The molecule has 42 heavy (non-hydrogen) atoms. The van der Waals surface area contributed by atoms with Gasteiger partial charge in [-0.2, -0.15) is 39.5 Å². The Morgan fingerprint density at radius 1 is 0.952 bits per heavy atom. The number of nitrogens with one attached hydrogen (secondary N) is 1. The largest absolute Gasteiger partial charge is 0.478 e. The van der Waals surface area contributed by atoms with Crippen molar-refractivity contribution in [2.24, 2.45) is 0 Å². The molecular weight excluding hydrogens is 617 g/mol. The van der Waals surface area contributed by atoms with Crippen molar-refractivity contribution in [3.63, 3.8) is 0 Å². The third kappa shape index (κ3) is 8.54. The van der Waals surface area contributed by atoms with Gasteiger partial charge < -0.3 is 14.4 Å². The van der Waals surface area contributed by atoms with Crippen LogP contribution in [0.5, 0.6) is 5.75 Å². The molecule has 0 radical (unpaired) electrons. The van der Waals surface area contributed by atoms with E-state index >= 15 is 0 Å². The molecule has 3 rings (SSSR count). The van der Waals surface area contributed by atoms with Gasteiger partial charge in [-0.3, -0.25) is 9.69 Å². The lowest BCUT2D eigenvalue weighted by Crippen LogP contribution is -2.52. The maximum atomic E-state index is 13.4. The van der Waals surface area contributed by atoms with Gasteiger partial charge in [-0.15, -0.1) is 0 Å². The van der Waals surface area contributed by atoms with Gasteiger partial charge in [0.05, 0.1) is 10.8 Å². The van der Waals surface area contributed by atoms with E-state index in [2.05, 4.69) is 4.74 Å². The molecule has 0 bridgehead atoms. The highest BCUT2D eigenvalue weighted by molar-refractivity contribution is 7.90. The monoisotopic (exact) mass is 643 g/mol. The number of alkyl halides is 9. The molecule has 2 fully saturated rings. The Bertz CT molecular complexity index is 1260. The van der Waals surface area contributed by atoms with Gasteiger partial charge in [-0.1, -0.05) is 6.07 Å². The topological polar surface area (TPSA) is 105 Å². The number of carbonyl (C=O) groups excluding carboxylic acids is 2. The lowest BCUT2D eigenvalue weighted by atomic mass is 10.1. The molecule has 1 aromatic rings. The Morgan fingerprint density at radius 3 is 1.98 bits per heavy atom. The minimum atomic E-state index is -5.89. The molecule has 9 nitrogen and oxygen atoms in total. The molecule has 1 heterocycles. The first-order valence-electron chi connectivity index (χ1n) is 12.3. The van der Waals surface area contributed by atoms with Crippen LogP contribution in [0.4, 0.5) is 44.3 Å². The highest BCUT2D eigenvalue weighted by atomic mass is 32.2. The van der Waals surface area contributed by atoms with Crippen LogP contribution < -0.4 is 9.46 Å². The quantitative estimate of drug-likeness (QED) is 0.423. The third-order valence-electron chi connectivity index (χ3n) is 6.34. The average molecular weight is 644 g/mol. The third-order valence-corrected chi connectivity index (χ3v) is 8.16. The predicted octanol–water partition coefficient (Wildman–Crippen LogP) is 4.22. The number of sulfonamides is 1. The van der Waals surface area contributed by atoms with Gasteiger partial charge in [-0.05, 0) is 38.8 Å². The van der Waals surface area contributed by atoms with Crippen molar-refractivity contribution in [1.29, 1.82) is 0 Å². The maximum absolute atomic E-state index is 13.4. The van der Waals surface area contributed by atoms with E-state index in [0.29, 0.717) is 23.8 Å². The minimum Gasteiger partial charge on any atom is -0.478 e. The Hall–Kier alpha value is -2.96. The fraction of sp³-hybridized carbons (Fsp3) is 0.652. The Balaban J connectivity index is 1.72. The summed E-state index contributed by atoms with van der Waals surface area (Å²) in [6.07, 6.45) is -22.1. The van der Waals surface area contributed by atoms with Crippen molar-refractivity contribution in [3.8, 4) is 5.75 Å². The van der Waals surface area contributed by atoms with E-state index < -0.39 is 68.8 Å². The van der Waals surface area contributed by atoms with Crippen LogP contribution in [0.2, 0.25) is 0 Å². The van der Waals surface area contributed by atoms with Gasteiger partial charge in [0.15, 0.2) is 5.60 Å². The standard InChI is InChI=1S/C23H26F9N3O6S/c1-20(2,18(36)33-42(38,39)15-5-6-15)41-16-11-14(21(24,25)26)4-3-13(16)12-34-7-9-35(10-8-34)19(37)40-17(22(27,28)29)23(30,31)32/h3-4,11,15,17H,5-10,12H2,1-2H3,(H,33,36). The van der Waals surface area contributed by atoms with Crippen molar-refractivity contribution in [3.05, 3.63) is 29.3 Å². The van der Waals surface area contributed by atoms with Crippen molar-refractivity contribution in [2.45, 2.75) is 68.7 Å². The number of halogens is 9. The number of piperazine rings is 1. The number of benzene rings is 1. The number of hydrogen-bond donors (Lipinski definition) is 1. The first kappa shape index (κ1) is 33.5. The van der Waals surface area contributed by atoms with Gasteiger partial charge in [0, 0.05) is 38.3 Å². The van der Waals surface area contributed by atoms with Crippen LogP contribution >= 0.6 is 0 Å². The van der Waals surface area contributed by atoms with E-state index in [4.69, 9.17) is 4.74 Å². The molecule has 238 valence electrons. The zero-order valence-corrected chi connectivity index (χ0v) is 22.8. The van der Waals surface area contributed by atoms with Crippen LogP contribution in [0, 0.1) is 0 Å². The van der Waals surface area contributed by atoms with Crippen molar-refractivity contribution in [1.82, 2.24) is 14.5 Å². The summed E-state index contributed by atoms with van der Waals surface area (Å²) in [7, 11) is -4.00. The average Bonchev–Trinajstić information content (AvgIpc) is 3.68. The zero-order chi connectivity index (χ0) is 31.9. The van der Waals surface area contributed by atoms with E-state index in [-0.39, 0.29) is 38.3 Å². The van der Waals surface area contributed by atoms with Crippen LogP contribution in [0.25, 0.3) is 0 Å². The molecule has 0 spiro atoms. The summed E-state index contributed by atoms with van der Waals surface area (Å²) < 4.78 is 152. The summed E-state index contributed by atoms with van der Waals surface area (Å²) in [5, 5.41) is -0.759. The second-order valence-corrected chi connectivity index (χ2v) is 12.2. The summed E-state index contributed by atoms with van der Waals surface area (Å²) in [4.78, 5) is 26.8. The molecule has 1 N–H and O–H groups in total. The van der Waals surface area contributed by atoms with Gasteiger partial charge in [0.25, 0.3) is 12.0 Å². The molecule has 1 aliphatic carbocycles. The molecule has 0 atom stereocenters. The molecule has 1 aromatic carbocycles. The van der Waals surface area contributed by atoms with E-state index in [0.717, 1.165) is 26.0 Å². The first-order valence-corrected chi connectivity index (χ1v) is 13.8. The number of amides is 2. The van der Waals surface area contributed by atoms with Crippen LogP contribution in [-0.2, 0) is 32.3 Å². The Labute approximate surface area is 233 Å². The van der Waals surface area contributed by atoms with Crippen molar-refractivity contribution >= 4 is 22.0 Å². The van der Waals surface area contributed by atoms with E-state index in [1.807, 2.05) is 4.72 Å². The summed E-state index contributed by atoms with van der Waals surface area (Å²) in [5.74, 6) is -1.55. The van der Waals surface area contributed by atoms with E-state index in [9.17, 15) is 57.5 Å². The highest BCUT2D eigenvalue weighted by Crippen LogP contribution is 2.37.